The van der Waals surface area contributed by atoms with Crippen molar-refractivity contribution < 1.29 is 9.47 Å². The Morgan fingerprint density at radius 2 is 2.13 bits per heavy atom. The first-order chi connectivity index (χ1) is 7.31. The number of hydrogen-bond donors (Lipinski definition) is 1. The molecule has 2 rings (SSSR count). The van der Waals surface area contributed by atoms with Crippen LogP contribution in [0.1, 0.15) is 24.8 Å². The Hall–Kier alpha value is -1.22. The predicted molar refractivity (Wildman–Crippen MR) is 59.5 cm³/mol. The zero-order valence-electron chi connectivity index (χ0n) is 9.25. The van der Waals surface area contributed by atoms with Gasteiger partial charge in [-0.25, -0.2) is 0 Å². The molecule has 0 aliphatic carbocycles. The molecule has 3 nitrogen and oxygen atoms in total. The van der Waals surface area contributed by atoms with Gasteiger partial charge in [0.25, 0.3) is 0 Å². The SMILES string of the molecule is CNCCC(C)c1ccc2c(c1)OCO2. The number of fused-ring (bicyclic) bond motifs is 1. The van der Waals surface area contributed by atoms with E-state index in [1.165, 1.54) is 5.56 Å². The summed E-state index contributed by atoms with van der Waals surface area (Å²) in [5.41, 5.74) is 1.31. The van der Waals surface area contributed by atoms with Crippen molar-refractivity contribution in [2.75, 3.05) is 20.4 Å². The van der Waals surface area contributed by atoms with Crippen LogP contribution in [0.3, 0.4) is 0 Å². The summed E-state index contributed by atoms with van der Waals surface area (Å²) in [6.07, 6.45) is 1.14. The van der Waals surface area contributed by atoms with Gasteiger partial charge in [0.2, 0.25) is 6.79 Å². The van der Waals surface area contributed by atoms with Gasteiger partial charge in [-0.1, -0.05) is 13.0 Å². The lowest BCUT2D eigenvalue weighted by Crippen LogP contribution is -2.10. The van der Waals surface area contributed by atoms with Crippen molar-refractivity contribution in [1.29, 1.82) is 0 Å². The van der Waals surface area contributed by atoms with Crippen LogP contribution in [0.2, 0.25) is 0 Å². The minimum absolute atomic E-state index is 0.351. The number of ether oxygens (including phenoxy) is 2. The minimum Gasteiger partial charge on any atom is -0.454 e. The number of hydrogen-bond acceptors (Lipinski definition) is 3. The molecule has 1 unspecified atom stereocenters. The van der Waals surface area contributed by atoms with Gasteiger partial charge in [0.05, 0.1) is 0 Å². The molecule has 0 saturated carbocycles. The lowest BCUT2D eigenvalue weighted by Gasteiger charge is -2.11. The standard InChI is InChI=1S/C12H17NO2/c1-9(5-6-13-2)10-3-4-11-12(7-10)15-8-14-11/h3-4,7,9,13H,5-6,8H2,1-2H3. The third-order valence-corrected chi connectivity index (χ3v) is 2.79. The van der Waals surface area contributed by atoms with Crippen molar-refractivity contribution in [3.05, 3.63) is 23.8 Å². The Morgan fingerprint density at radius 3 is 2.93 bits per heavy atom. The van der Waals surface area contributed by atoms with E-state index in [0.717, 1.165) is 24.5 Å². The average molecular weight is 207 g/mol. The molecule has 82 valence electrons. The summed E-state index contributed by atoms with van der Waals surface area (Å²) in [5.74, 6) is 2.29. The first kappa shape index (κ1) is 10.3. The predicted octanol–water partition coefficient (Wildman–Crippen LogP) is 2.13. The maximum Gasteiger partial charge on any atom is 0.231 e. The molecule has 1 N–H and O–H groups in total. The van der Waals surface area contributed by atoms with Crippen molar-refractivity contribution in [2.45, 2.75) is 19.3 Å². The topological polar surface area (TPSA) is 30.5 Å². The van der Waals surface area contributed by atoms with E-state index in [0.29, 0.717) is 12.7 Å². The fraction of sp³-hybridized carbons (Fsp3) is 0.500. The summed E-state index contributed by atoms with van der Waals surface area (Å²) in [5, 5.41) is 3.16. The van der Waals surface area contributed by atoms with Crippen LogP contribution in [0.25, 0.3) is 0 Å². The second-order valence-electron chi connectivity index (χ2n) is 3.91. The van der Waals surface area contributed by atoms with E-state index in [1.807, 2.05) is 13.1 Å². The molecule has 0 amide bonds. The van der Waals surface area contributed by atoms with Crippen LogP contribution in [0, 0.1) is 0 Å². The summed E-state index contributed by atoms with van der Waals surface area (Å²) < 4.78 is 10.6. The summed E-state index contributed by atoms with van der Waals surface area (Å²) in [4.78, 5) is 0. The fourth-order valence-corrected chi connectivity index (χ4v) is 1.75. The second kappa shape index (κ2) is 4.53. The largest absolute Gasteiger partial charge is 0.454 e. The van der Waals surface area contributed by atoms with Crippen LogP contribution >= 0.6 is 0 Å². The fourth-order valence-electron chi connectivity index (χ4n) is 1.75. The zero-order chi connectivity index (χ0) is 10.7. The van der Waals surface area contributed by atoms with Gasteiger partial charge in [-0.15, -0.1) is 0 Å². The molecule has 0 bridgehead atoms. The van der Waals surface area contributed by atoms with Crippen molar-refractivity contribution in [2.24, 2.45) is 0 Å². The summed E-state index contributed by atoms with van der Waals surface area (Å²) in [6.45, 7) is 3.62. The lowest BCUT2D eigenvalue weighted by molar-refractivity contribution is 0.174. The smallest absolute Gasteiger partial charge is 0.231 e. The van der Waals surface area contributed by atoms with Gasteiger partial charge in [-0.3, -0.25) is 0 Å². The first-order valence-corrected chi connectivity index (χ1v) is 5.35. The van der Waals surface area contributed by atoms with Gasteiger partial charge >= 0.3 is 0 Å². The molecule has 3 heteroatoms. The highest BCUT2D eigenvalue weighted by molar-refractivity contribution is 5.45. The monoisotopic (exact) mass is 207 g/mol. The first-order valence-electron chi connectivity index (χ1n) is 5.35. The Bertz CT molecular complexity index is 338. The van der Waals surface area contributed by atoms with Gasteiger partial charge in [0.1, 0.15) is 0 Å². The van der Waals surface area contributed by atoms with Crippen molar-refractivity contribution in [1.82, 2.24) is 5.32 Å². The molecule has 0 aromatic heterocycles. The molecule has 1 atom stereocenters. The maximum atomic E-state index is 5.36. The molecular weight excluding hydrogens is 190 g/mol. The lowest BCUT2D eigenvalue weighted by atomic mass is 9.97. The van der Waals surface area contributed by atoms with Crippen LogP contribution in [0.4, 0.5) is 0 Å². The van der Waals surface area contributed by atoms with Crippen molar-refractivity contribution >= 4 is 0 Å². The third-order valence-electron chi connectivity index (χ3n) is 2.79. The van der Waals surface area contributed by atoms with Crippen LogP contribution in [-0.4, -0.2) is 20.4 Å². The molecule has 1 aliphatic heterocycles. The molecule has 1 aliphatic rings. The zero-order valence-corrected chi connectivity index (χ0v) is 9.25. The molecular formula is C12H17NO2. The van der Waals surface area contributed by atoms with E-state index in [2.05, 4.69) is 24.4 Å². The average Bonchev–Trinajstić information content (AvgIpc) is 2.72. The van der Waals surface area contributed by atoms with Gasteiger partial charge in [0, 0.05) is 0 Å². The normalized spacial score (nSPS) is 15.3. The Balaban J connectivity index is 2.08. The van der Waals surface area contributed by atoms with Gasteiger partial charge in [0.15, 0.2) is 11.5 Å². The third kappa shape index (κ3) is 2.23. The van der Waals surface area contributed by atoms with E-state index >= 15 is 0 Å². The van der Waals surface area contributed by atoms with Gasteiger partial charge in [-0.2, -0.15) is 0 Å². The summed E-state index contributed by atoms with van der Waals surface area (Å²) in [7, 11) is 1.98. The number of rotatable bonds is 4. The van der Waals surface area contributed by atoms with E-state index < -0.39 is 0 Å². The quantitative estimate of drug-likeness (QED) is 0.820. The minimum atomic E-state index is 0.351. The molecule has 0 fully saturated rings. The summed E-state index contributed by atoms with van der Waals surface area (Å²) in [6, 6.07) is 6.20. The number of benzene rings is 1. The van der Waals surface area contributed by atoms with Crippen LogP contribution < -0.4 is 14.8 Å². The maximum absolute atomic E-state index is 5.36. The highest BCUT2D eigenvalue weighted by Crippen LogP contribution is 2.35. The van der Waals surface area contributed by atoms with Crippen molar-refractivity contribution in [3.8, 4) is 11.5 Å². The van der Waals surface area contributed by atoms with E-state index in [4.69, 9.17) is 9.47 Å². The second-order valence-corrected chi connectivity index (χ2v) is 3.91. The van der Waals surface area contributed by atoms with Gasteiger partial charge < -0.3 is 14.8 Å². The molecule has 0 saturated heterocycles. The molecule has 0 spiro atoms. The highest BCUT2D eigenvalue weighted by Gasteiger charge is 2.15. The van der Waals surface area contributed by atoms with Gasteiger partial charge in [-0.05, 0) is 43.6 Å². The van der Waals surface area contributed by atoms with Crippen LogP contribution in [-0.2, 0) is 0 Å². The Morgan fingerprint density at radius 1 is 1.33 bits per heavy atom. The summed E-state index contributed by atoms with van der Waals surface area (Å²) >= 11 is 0. The van der Waals surface area contributed by atoms with E-state index in [-0.39, 0.29) is 0 Å². The molecule has 15 heavy (non-hydrogen) atoms. The number of nitrogens with one attached hydrogen (secondary N) is 1. The van der Waals surface area contributed by atoms with Crippen LogP contribution in [0.5, 0.6) is 11.5 Å². The van der Waals surface area contributed by atoms with E-state index in [9.17, 15) is 0 Å². The molecule has 0 radical (unpaired) electrons. The molecule has 1 aromatic rings. The highest BCUT2D eigenvalue weighted by atomic mass is 16.7. The molecule has 1 heterocycles. The molecule has 1 aromatic carbocycles. The Kier molecular flexibility index (Phi) is 3.11. The van der Waals surface area contributed by atoms with E-state index in [1.54, 1.807) is 0 Å². The van der Waals surface area contributed by atoms with Crippen molar-refractivity contribution in [3.63, 3.8) is 0 Å². The Labute approximate surface area is 90.4 Å². The van der Waals surface area contributed by atoms with Crippen LogP contribution in [0.15, 0.2) is 18.2 Å².